The van der Waals surface area contributed by atoms with E-state index in [1.54, 1.807) is 25.1 Å². The Balaban J connectivity index is 2.46. The molecule has 0 bridgehead atoms. The molecule has 1 rings (SSSR count). The summed E-state index contributed by atoms with van der Waals surface area (Å²) in [6, 6.07) is 6.28. The van der Waals surface area contributed by atoms with Crippen molar-refractivity contribution in [2.45, 2.75) is 13.3 Å². The van der Waals surface area contributed by atoms with Gasteiger partial charge in [0, 0.05) is 12.5 Å². The van der Waals surface area contributed by atoms with E-state index in [2.05, 4.69) is 10.0 Å². The van der Waals surface area contributed by atoms with Gasteiger partial charge in [0.1, 0.15) is 5.82 Å². The minimum Gasteiger partial charge on any atom is -0.355 e. The maximum atomic E-state index is 13.4. The molecule has 0 heterocycles. The molecule has 0 aromatic heterocycles. The van der Waals surface area contributed by atoms with Gasteiger partial charge < -0.3 is 5.32 Å². The first kappa shape index (κ1) is 16.6. The molecule has 2 N–H and O–H groups in total. The van der Waals surface area contributed by atoms with Crippen LogP contribution in [0.5, 0.6) is 0 Å². The fraction of sp³-hybridized carbons (Fsp3) is 0.462. The number of carbonyl (C=O) groups excluding carboxylic acids is 1. The fourth-order valence-corrected chi connectivity index (χ4v) is 2.25. The molecule has 0 fully saturated rings. The van der Waals surface area contributed by atoms with E-state index in [9.17, 15) is 17.6 Å². The Morgan fingerprint density at radius 2 is 2.00 bits per heavy atom. The number of amides is 1. The van der Waals surface area contributed by atoms with E-state index in [-0.39, 0.29) is 30.4 Å². The lowest BCUT2D eigenvalue weighted by atomic mass is 10.00. The second-order valence-corrected chi connectivity index (χ2v) is 6.56. The lowest BCUT2D eigenvalue weighted by Gasteiger charge is -2.12. The molecule has 5 nitrogen and oxygen atoms in total. The van der Waals surface area contributed by atoms with Crippen molar-refractivity contribution in [2.24, 2.45) is 5.92 Å². The number of hydrogen-bond acceptors (Lipinski definition) is 3. The first-order valence-electron chi connectivity index (χ1n) is 6.28. The van der Waals surface area contributed by atoms with E-state index in [4.69, 9.17) is 0 Å². The van der Waals surface area contributed by atoms with Gasteiger partial charge in [0.2, 0.25) is 15.9 Å². The third-order valence-electron chi connectivity index (χ3n) is 2.91. The zero-order chi connectivity index (χ0) is 15.2. The lowest BCUT2D eigenvalue weighted by Crippen LogP contribution is -2.36. The van der Waals surface area contributed by atoms with Crippen molar-refractivity contribution < 1.29 is 17.6 Å². The predicted molar refractivity (Wildman–Crippen MR) is 75.1 cm³/mol. The van der Waals surface area contributed by atoms with Crippen LogP contribution >= 0.6 is 0 Å². The SMILES string of the molecule is CNS(=O)(=O)CCNC(=O)C(C)Cc1ccccc1F. The molecule has 7 heteroatoms. The zero-order valence-electron chi connectivity index (χ0n) is 11.5. The summed E-state index contributed by atoms with van der Waals surface area (Å²) in [5, 5.41) is 2.53. The monoisotopic (exact) mass is 302 g/mol. The van der Waals surface area contributed by atoms with Gasteiger partial charge in [0.15, 0.2) is 0 Å². The predicted octanol–water partition coefficient (Wildman–Crippen LogP) is 0.670. The van der Waals surface area contributed by atoms with Gasteiger partial charge >= 0.3 is 0 Å². The first-order valence-corrected chi connectivity index (χ1v) is 7.93. The first-order chi connectivity index (χ1) is 9.35. The van der Waals surface area contributed by atoms with Crippen LogP contribution in [-0.4, -0.2) is 33.7 Å². The van der Waals surface area contributed by atoms with Crippen LogP contribution in [0, 0.1) is 11.7 Å². The van der Waals surface area contributed by atoms with Crippen LogP contribution in [0.4, 0.5) is 4.39 Å². The van der Waals surface area contributed by atoms with Crippen LogP contribution in [0.1, 0.15) is 12.5 Å². The normalized spacial score (nSPS) is 12.9. The van der Waals surface area contributed by atoms with Gasteiger partial charge in [-0.3, -0.25) is 4.79 Å². The number of benzene rings is 1. The maximum absolute atomic E-state index is 13.4. The molecule has 0 saturated carbocycles. The van der Waals surface area contributed by atoms with Gasteiger partial charge in [0.25, 0.3) is 0 Å². The van der Waals surface area contributed by atoms with Crippen LogP contribution in [0.3, 0.4) is 0 Å². The number of carbonyl (C=O) groups is 1. The third-order valence-corrected chi connectivity index (χ3v) is 4.28. The molecule has 0 radical (unpaired) electrons. The molecule has 0 aliphatic carbocycles. The molecule has 0 spiro atoms. The third kappa shape index (κ3) is 5.26. The Labute approximate surface area is 118 Å². The van der Waals surface area contributed by atoms with E-state index < -0.39 is 15.9 Å². The summed E-state index contributed by atoms with van der Waals surface area (Å²) >= 11 is 0. The van der Waals surface area contributed by atoms with Gasteiger partial charge in [-0.25, -0.2) is 17.5 Å². The maximum Gasteiger partial charge on any atom is 0.223 e. The van der Waals surface area contributed by atoms with Crippen molar-refractivity contribution in [1.29, 1.82) is 0 Å². The number of rotatable bonds is 7. The minimum absolute atomic E-state index is 0.0314. The van der Waals surface area contributed by atoms with Crippen molar-refractivity contribution in [2.75, 3.05) is 19.3 Å². The fourth-order valence-electron chi connectivity index (χ4n) is 1.67. The van der Waals surface area contributed by atoms with E-state index in [1.165, 1.54) is 13.1 Å². The van der Waals surface area contributed by atoms with Crippen molar-refractivity contribution in [3.63, 3.8) is 0 Å². The van der Waals surface area contributed by atoms with E-state index in [1.807, 2.05) is 0 Å². The molecular formula is C13H19FN2O3S. The summed E-state index contributed by atoms with van der Waals surface area (Å²) in [5.41, 5.74) is 0.470. The highest BCUT2D eigenvalue weighted by Gasteiger charge is 2.16. The highest BCUT2D eigenvalue weighted by Crippen LogP contribution is 2.12. The highest BCUT2D eigenvalue weighted by molar-refractivity contribution is 7.89. The van der Waals surface area contributed by atoms with Crippen molar-refractivity contribution in [3.05, 3.63) is 35.6 Å². The van der Waals surface area contributed by atoms with E-state index in [0.717, 1.165) is 0 Å². The summed E-state index contributed by atoms with van der Waals surface area (Å²) in [6.07, 6.45) is 0.275. The van der Waals surface area contributed by atoms with Gasteiger partial charge in [0.05, 0.1) is 5.75 Å². The number of hydrogen-bond donors (Lipinski definition) is 2. The van der Waals surface area contributed by atoms with E-state index >= 15 is 0 Å². The van der Waals surface area contributed by atoms with Crippen LogP contribution in [0.15, 0.2) is 24.3 Å². The smallest absolute Gasteiger partial charge is 0.223 e. The standard InChI is InChI=1S/C13H19FN2O3S/c1-10(9-11-5-3-4-6-12(11)14)13(17)16-7-8-20(18,19)15-2/h3-6,10,15H,7-9H2,1-2H3,(H,16,17). The Morgan fingerprint density at radius 1 is 1.35 bits per heavy atom. The largest absolute Gasteiger partial charge is 0.355 e. The average Bonchev–Trinajstić information content (AvgIpc) is 2.41. The lowest BCUT2D eigenvalue weighted by molar-refractivity contribution is -0.124. The molecule has 112 valence electrons. The molecule has 1 atom stereocenters. The van der Waals surface area contributed by atoms with Crippen molar-refractivity contribution in [1.82, 2.24) is 10.0 Å². The van der Waals surface area contributed by atoms with Gasteiger partial charge in [-0.1, -0.05) is 25.1 Å². The molecule has 0 saturated heterocycles. The Bertz CT molecular complexity index is 560. The molecule has 0 aliphatic rings. The van der Waals surface area contributed by atoms with Crippen LogP contribution in [0.25, 0.3) is 0 Å². The summed E-state index contributed by atoms with van der Waals surface area (Å²) in [4.78, 5) is 11.8. The Kier molecular flexibility index (Phi) is 6.09. The van der Waals surface area contributed by atoms with E-state index in [0.29, 0.717) is 5.56 Å². The summed E-state index contributed by atoms with van der Waals surface area (Å²) in [5.74, 6) is -1.24. The highest BCUT2D eigenvalue weighted by atomic mass is 32.2. The molecule has 1 aromatic carbocycles. The van der Waals surface area contributed by atoms with Crippen LogP contribution < -0.4 is 10.0 Å². The second-order valence-electron chi connectivity index (χ2n) is 4.51. The zero-order valence-corrected chi connectivity index (χ0v) is 12.3. The van der Waals surface area contributed by atoms with Gasteiger partial charge in [-0.05, 0) is 25.1 Å². The van der Waals surface area contributed by atoms with Crippen LogP contribution in [-0.2, 0) is 21.2 Å². The quantitative estimate of drug-likeness (QED) is 0.777. The van der Waals surface area contributed by atoms with Crippen LogP contribution in [0.2, 0.25) is 0 Å². The molecule has 20 heavy (non-hydrogen) atoms. The second kappa shape index (κ2) is 7.35. The summed E-state index contributed by atoms with van der Waals surface area (Å²) in [6.45, 7) is 1.71. The Morgan fingerprint density at radius 3 is 2.60 bits per heavy atom. The molecule has 0 aliphatic heterocycles. The number of nitrogens with one attached hydrogen (secondary N) is 2. The summed E-state index contributed by atoms with van der Waals surface area (Å²) < 4.78 is 38.0. The summed E-state index contributed by atoms with van der Waals surface area (Å²) in [7, 11) is -2.01. The van der Waals surface area contributed by atoms with Crippen molar-refractivity contribution in [3.8, 4) is 0 Å². The van der Waals surface area contributed by atoms with Gasteiger partial charge in [-0.15, -0.1) is 0 Å². The molecule has 1 aromatic rings. The van der Waals surface area contributed by atoms with Gasteiger partial charge in [-0.2, -0.15) is 0 Å². The molecular weight excluding hydrogens is 283 g/mol. The minimum atomic E-state index is -3.33. The Hall–Kier alpha value is -1.47. The van der Waals surface area contributed by atoms with Crippen molar-refractivity contribution >= 4 is 15.9 Å². The molecule has 1 unspecified atom stereocenters. The average molecular weight is 302 g/mol. The molecule has 1 amide bonds. The topological polar surface area (TPSA) is 75.3 Å². The number of sulfonamides is 1. The number of halogens is 1.